The van der Waals surface area contributed by atoms with Crippen LogP contribution in [0.5, 0.6) is 0 Å². The fourth-order valence-electron chi connectivity index (χ4n) is 0.912. The van der Waals surface area contributed by atoms with Crippen molar-refractivity contribution in [3.05, 3.63) is 32.8 Å². The third-order valence-corrected chi connectivity index (χ3v) is 3.15. The smallest absolute Gasteiger partial charge is 0.175 e. The number of benzene rings is 1. The summed E-state index contributed by atoms with van der Waals surface area (Å²) in [6.45, 7) is 0. The maximum absolute atomic E-state index is 11.5. The van der Waals surface area contributed by atoms with Crippen LogP contribution in [0.4, 0.5) is 0 Å². The Morgan fingerprint density at radius 3 is 2.47 bits per heavy atom. The van der Waals surface area contributed by atoms with Crippen LogP contribution < -0.4 is 0 Å². The van der Waals surface area contributed by atoms with Crippen molar-refractivity contribution in [1.29, 1.82) is 5.26 Å². The van der Waals surface area contributed by atoms with Gasteiger partial charge >= 0.3 is 0 Å². The van der Waals surface area contributed by atoms with Crippen molar-refractivity contribution < 1.29 is 4.79 Å². The van der Waals surface area contributed by atoms with Crippen LogP contribution in [0.1, 0.15) is 10.4 Å². The Morgan fingerprint density at radius 2 is 1.87 bits per heavy atom. The first-order valence-corrected chi connectivity index (χ1v) is 5.87. The van der Waals surface area contributed by atoms with Crippen LogP contribution in [0.25, 0.3) is 0 Å². The van der Waals surface area contributed by atoms with Crippen molar-refractivity contribution in [2.45, 2.75) is 0 Å². The zero-order valence-electron chi connectivity index (χ0n) is 7.26. The van der Waals surface area contributed by atoms with Gasteiger partial charge in [0.2, 0.25) is 0 Å². The van der Waals surface area contributed by atoms with E-state index in [9.17, 15) is 4.79 Å². The molecule has 0 fully saturated rings. The van der Waals surface area contributed by atoms with Crippen LogP contribution in [-0.2, 0) is 0 Å². The highest BCUT2D eigenvalue weighted by Gasteiger charge is 2.13. The lowest BCUT2D eigenvalue weighted by Crippen LogP contribution is -2.02. The van der Waals surface area contributed by atoms with Gasteiger partial charge in [-0.05, 0) is 23.9 Å². The summed E-state index contributed by atoms with van der Waals surface area (Å²) in [6, 6.07) is 2.82. The number of halogens is 3. The molecule has 0 amide bonds. The van der Waals surface area contributed by atoms with E-state index >= 15 is 0 Å². The van der Waals surface area contributed by atoms with Crippen molar-refractivity contribution in [1.82, 2.24) is 0 Å². The predicted octanol–water partition coefficient (Wildman–Crippen LogP) is 4.04. The molecule has 1 rings (SSSR count). The van der Waals surface area contributed by atoms with Gasteiger partial charge in [-0.1, -0.05) is 34.8 Å². The Labute approximate surface area is 106 Å². The first-order valence-electron chi connectivity index (χ1n) is 3.75. The Bertz CT molecular complexity index is 442. The van der Waals surface area contributed by atoms with E-state index in [1.807, 2.05) is 5.40 Å². The molecule has 0 N–H and O–H groups in total. The van der Waals surface area contributed by atoms with Gasteiger partial charge < -0.3 is 0 Å². The summed E-state index contributed by atoms with van der Waals surface area (Å²) in [6.07, 6.45) is 0. The SMILES string of the molecule is N#CSCC(=O)c1cc(Cl)c(Cl)cc1Cl. The van der Waals surface area contributed by atoms with E-state index in [0.29, 0.717) is 5.02 Å². The van der Waals surface area contributed by atoms with E-state index in [1.54, 1.807) is 0 Å². The lowest BCUT2D eigenvalue weighted by molar-refractivity contribution is 0.102. The average Bonchev–Trinajstić information content (AvgIpc) is 2.20. The molecule has 1 aromatic rings. The van der Waals surface area contributed by atoms with Gasteiger partial charge in [0.1, 0.15) is 5.40 Å². The number of hydrogen-bond acceptors (Lipinski definition) is 3. The Balaban J connectivity index is 3.00. The minimum atomic E-state index is -0.245. The molecule has 0 saturated heterocycles. The first kappa shape index (κ1) is 12.7. The number of Topliss-reactive ketones (excluding diaryl/α,β-unsaturated/α-hetero) is 1. The number of thioether (sulfide) groups is 1. The van der Waals surface area contributed by atoms with Crippen LogP contribution in [0.2, 0.25) is 15.1 Å². The Morgan fingerprint density at radius 1 is 1.27 bits per heavy atom. The van der Waals surface area contributed by atoms with Crippen molar-refractivity contribution in [3.63, 3.8) is 0 Å². The molecule has 0 aliphatic heterocycles. The van der Waals surface area contributed by atoms with Crippen molar-refractivity contribution in [2.75, 3.05) is 5.75 Å². The molecule has 1 aromatic carbocycles. The zero-order valence-corrected chi connectivity index (χ0v) is 10.3. The minimum Gasteiger partial charge on any atom is -0.293 e. The highest BCUT2D eigenvalue weighted by Crippen LogP contribution is 2.29. The van der Waals surface area contributed by atoms with Crippen molar-refractivity contribution in [3.8, 4) is 5.40 Å². The number of thiocyanates is 1. The average molecular weight is 281 g/mol. The molecule has 15 heavy (non-hydrogen) atoms. The number of hydrogen-bond donors (Lipinski definition) is 0. The van der Waals surface area contributed by atoms with E-state index in [0.717, 1.165) is 11.8 Å². The van der Waals surface area contributed by atoms with E-state index in [4.69, 9.17) is 40.1 Å². The summed E-state index contributed by atoms with van der Waals surface area (Å²) in [5.41, 5.74) is 0.286. The molecular formula is C9H4Cl3NOS. The number of nitrogens with zero attached hydrogens (tertiary/aromatic N) is 1. The second kappa shape index (κ2) is 5.62. The van der Waals surface area contributed by atoms with Gasteiger partial charge in [-0.2, -0.15) is 5.26 Å². The van der Waals surface area contributed by atoms with E-state index in [-0.39, 0.29) is 27.1 Å². The van der Waals surface area contributed by atoms with Crippen LogP contribution in [0, 0.1) is 10.7 Å². The van der Waals surface area contributed by atoms with Crippen LogP contribution in [0.15, 0.2) is 12.1 Å². The van der Waals surface area contributed by atoms with Crippen molar-refractivity contribution >= 4 is 52.3 Å². The quantitative estimate of drug-likeness (QED) is 0.476. The molecule has 0 heterocycles. The van der Waals surface area contributed by atoms with Crippen molar-refractivity contribution in [2.24, 2.45) is 0 Å². The first-order chi connectivity index (χ1) is 7.06. The summed E-state index contributed by atoms with van der Waals surface area (Å²) < 4.78 is 0. The van der Waals surface area contributed by atoms with Gasteiger partial charge in [-0.25, -0.2) is 0 Å². The van der Waals surface area contributed by atoms with E-state index in [1.165, 1.54) is 12.1 Å². The summed E-state index contributed by atoms with van der Waals surface area (Å²) in [5.74, 6) is -0.195. The fraction of sp³-hybridized carbons (Fsp3) is 0.111. The van der Waals surface area contributed by atoms with Gasteiger partial charge in [0.05, 0.1) is 20.8 Å². The Kier molecular flexibility index (Phi) is 4.75. The number of ketones is 1. The second-order valence-corrected chi connectivity index (χ2v) is 4.53. The largest absolute Gasteiger partial charge is 0.293 e. The van der Waals surface area contributed by atoms with Gasteiger partial charge in [-0.15, -0.1) is 0 Å². The van der Waals surface area contributed by atoms with E-state index < -0.39 is 0 Å². The minimum absolute atomic E-state index is 0.0498. The van der Waals surface area contributed by atoms with Gasteiger partial charge in [-0.3, -0.25) is 4.79 Å². The molecule has 6 heteroatoms. The molecule has 78 valence electrons. The predicted molar refractivity (Wildman–Crippen MR) is 63.9 cm³/mol. The molecule has 0 saturated carbocycles. The fourth-order valence-corrected chi connectivity index (χ4v) is 1.92. The topological polar surface area (TPSA) is 40.9 Å². The highest BCUT2D eigenvalue weighted by atomic mass is 35.5. The molecule has 0 radical (unpaired) electrons. The molecule has 2 nitrogen and oxygen atoms in total. The third kappa shape index (κ3) is 3.29. The summed E-state index contributed by atoms with van der Waals surface area (Å²) in [4.78, 5) is 11.5. The highest BCUT2D eigenvalue weighted by molar-refractivity contribution is 8.04. The zero-order chi connectivity index (χ0) is 11.4. The maximum atomic E-state index is 11.5. The summed E-state index contributed by atoms with van der Waals surface area (Å²) in [5, 5.41) is 10.9. The third-order valence-electron chi connectivity index (χ3n) is 1.58. The maximum Gasteiger partial charge on any atom is 0.175 e. The summed E-state index contributed by atoms with van der Waals surface area (Å²) >= 11 is 18.1. The lowest BCUT2D eigenvalue weighted by atomic mass is 10.1. The number of carbonyl (C=O) groups is 1. The van der Waals surface area contributed by atoms with Crippen LogP contribution in [0.3, 0.4) is 0 Å². The normalized spacial score (nSPS) is 9.73. The second-order valence-electron chi connectivity index (χ2n) is 2.55. The molecule has 0 atom stereocenters. The molecular weight excluding hydrogens is 277 g/mol. The van der Waals surface area contributed by atoms with Crippen LogP contribution in [-0.4, -0.2) is 11.5 Å². The monoisotopic (exact) mass is 279 g/mol. The van der Waals surface area contributed by atoms with Gasteiger partial charge in [0.15, 0.2) is 5.78 Å². The molecule has 0 unspecified atom stereocenters. The molecule has 0 aromatic heterocycles. The Hall–Kier alpha value is -0.400. The number of nitriles is 1. The lowest BCUT2D eigenvalue weighted by Gasteiger charge is -2.03. The van der Waals surface area contributed by atoms with Gasteiger partial charge in [0.25, 0.3) is 0 Å². The van der Waals surface area contributed by atoms with Crippen LogP contribution >= 0.6 is 46.6 Å². The molecule has 0 aliphatic rings. The number of rotatable bonds is 3. The standard InChI is InChI=1S/C9H4Cl3NOS/c10-6-2-8(12)7(11)1-5(6)9(14)3-15-4-13/h1-2H,3H2. The summed E-state index contributed by atoms with van der Waals surface area (Å²) in [7, 11) is 0. The van der Waals surface area contributed by atoms with E-state index in [2.05, 4.69) is 0 Å². The molecule has 0 spiro atoms. The molecule has 0 bridgehead atoms. The molecule has 0 aliphatic carbocycles. The number of carbonyl (C=O) groups excluding carboxylic acids is 1. The van der Waals surface area contributed by atoms with Gasteiger partial charge in [0, 0.05) is 5.56 Å².